The zero-order chi connectivity index (χ0) is 16.7. The van der Waals surface area contributed by atoms with Crippen molar-refractivity contribution in [3.05, 3.63) is 58.0 Å². The molecule has 3 heterocycles. The summed E-state index contributed by atoms with van der Waals surface area (Å²) in [7, 11) is 1.60. The molecule has 24 heavy (non-hydrogen) atoms. The molecule has 1 fully saturated rings. The smallest absolute Gasteiger partial charge is 0.250 e. The first kappa shape index (κ1) is 15.3. The Bertz CT molecular complexity index is 814. The van der Waals surface area contributed by atoms with Crippen molar-refractivity contribution in [1.29, 1.82) is 0 Å². The third-order valence-electron chi connectivity index (χ3n) is 5.24. The maximum atomic E-state index is 12.1. The lowest BCUT2D eigenvalue weighted by Crippen LogP contribution is -2.46. The minimum atomic E-state index is 0.114. The topological polar surface area (TPSA) is 54.7 Å². The van der Waals surface area contributed by atoms with Crippen LogP contribution in [0.4, 0.5) is 0 Å². The Balaban J connectivity index is 1.55. The van der Waals surface area contributed by atoms with Gasteiger partial charge in [0.25, 0.3) is 5.56 Å². The minimum Gasteiger partial charge on any atom is -0.507 e. The fraction of sp³-hybridized carbons (Fsp3) is 0.421. The van der Waals surface area contributed by atoms with Gasteiger partial charge in [0.05, 0.1) is 7.11 Å². The van der Waals surface area contributed by atoms with Gasteiger partial charge in [-0.2, -0.15) is 0 Å². The number of piperidine rings is 1. The molecule has 1 N–H and O–H groups in total. The number of nitrogens with zero attached hydrogens (tertiary/aromatic N) is 2. The number of aromatic nitrogens is 1. The summed E-state index contributed by atoms with van der Waals surface area (Å²) < 4.78 is 7.09. The van der Waals surface area contributed by atoms with Gasteiger partial charge in [-0.1, -0.05) is 12.1 Å². The maximum Gasteiger partial charge on any atom is 0.250 e. The second-order valence-corrected chi connectivity index (χ2v) is 6.89. The van der Waals surface area contributed by atoms with Gasteiger partial charge in [-0.25, -0.2) is 0 Å². The second-order valence-electron chi connectivity index (χ2n) is 6.89. The second kappa shape index (κ2) is 5.98. The first-order chi connectivity index (χ1) is 11.6. The van der Waals surface area contributed by atoms with Gasteiger partial charge in [0, 0.05) is 55.5 Å². The van der Waals surface area contributed by atoms with E-state index in [1.165, 1.54) is 0 Å². The van der Waals surface area contributed by atoms with Crippen molar-refractivity contribution in [2.24, 2.45) is 5.92 Å². The number of rotatable bonds is 3. The summed E-state index contributed by atoms with van der Waals surface area (Å²) in [6, 6.07) is 11.1. The standard InChI is InChI=1S/C19H22N2O3/c1-24-16-6-5-14(18(22)8-16)11-20-9-13-7-15(12-20)17-3-2-4-19(23)21(17)10-13/h2-6,8,13,15,22H,7,9-12H2,1H3/t13-,15-/m0/s1. The van der Waals surface area contributed by atoms with Crippen molar-refractivity contribution in [1.82, 2.24) is 9.47 Å². The summed E-state index contributed by atoms with van der Waals surface area (Å²) in [6.45, 7) is 3.41. The number of phenolic OH excluding ortho intramolecular Hbond substituents is 1. The lowest BCUT2D eigenvalue weighted by molar-refractivity contribution is 0.113. The Morgan fingerprint density at radius 1 is 1.21 bits per heavy atom. The maximum absolute atomic E-state index is 12.1. The van der Waals surface area contributed by atoms with Crippen molar-refractivity contribution in [3.63, 3.8) is 0 Å². The molecular weight excluding hydrogens is 304 g/mol. The lowest BCUT2D eigenvalue weighted by Gasteiger charge is -2.42. The van der Waals surface area contributed by atoms with Crippen LogP contribution < -0.4 is 10.3 Å². The van der Waals surface area contributed by atoms with Gasteiger partial charge in [0.2, 0.25) is 0 Å². The quantitative estimate of drug-likeness (QED) is 0.939. The highest BCUT2D eigenvalue weighted by Crippen LogP contribution is 2.36. The molecule has 0 unspecified atom stereocenters. The molecule has 0 radical (unpaired) electrons. The molecule has 1 saturated heterocycles. The van der Waals surface area contributed by atoms with E-state index in [0.29, 0.717) is 17.6 Å². The molecule has 2 bridgehead atoms. The molecule has 1 aromatic carbocycles. The first-order valence-corrected chi connectivity index (χ1v) is 8.42. The van der Waals surface area contributed by atoms with Crippen LogP contribution in [-0.4, -0.2) is 34.8 Å². The predicted molar refractivity (Wildman–Crippen MR) is 91.5 cm³/mol. The van der Waals surface area contributed by atoms with Crippen LogP contribution in [0.5, 0.6) is 11.5 Å². The molecule has 0 saturated carbocycles. The highest BCUT2D eigenvalue weighted by Gasteiger charge is 2.34. The lowest BCUT2D eigenvalue weighted by atomic mass is 9.83. The number of phenols is 1. The van der Waals surface area contributed by atoms with Crippen LogP contribution in [0.3, 0.4) is 0 Å². The van der Waals surface area contributed by atoms with E-state index in [1.807, 2.05) is 22.8 Å². The Kier molecular flexibility index (Phi) is 3.81. The fourth-order valence-corrected chi connectivity index (χ4v) is 4.17. The van der Waals surface area contributed by atoms with E-state index < -0.39 is 0 Å². The van der Waals surface area contributed by atoms with Crippen LogP contribution in [0.1, 0.15) is 23.6 Å². The Labute approximate surface area is 141 Å². The van der Waals surface area contributed by atoms with Crippen molar-refractivity contribution >= 4 is 0 Å². The number of fused-ring (bicyclic) bond motifs is 4. The number of likely N-dealkylation sites (tertiary alicyclic amines) is 1. The summed E-state index contributed by atoms with van der Waals surface area (Å²) >= 11 is 0. The van der Waals surface area contributed by atoms with Gasteiger partial charge in [0.1, 0.15) is 11.5 Å². The highest BCUT2D eigenvalue weighted by atomic mass is 16.5. The Hall–Kier alpha value is -2.27. The molecule has 2 atom stereocenters. The number of methoxy groups -OCH3 is 1. The average Bonchev–Trinajstić information content (AvgIpc) is 2.58. The van der Waals surface area contributed by atoms with E-state index in [9.17, 15) is 9.90 Å². The fourth-order valence-electron chi connectivity index (χ4n) is 4.17. The third kappa shape index (κ3) is 2.69. The highest BCUT2D eigenvalue weighted by molar-refractivity contribution is 5.39. The van der Waals surface area contributed by atoms with Crippen molar-refractivity contribution in [2.75, 3.05) is 20.2 Å². The number of pyridine rings is 1. The van der Waals surface area contributed by atoms with E-state index in [0.717, 1.165) is 43.9 Å². The van der Waals surface area contributed by atoms with Crippen molar-refractivity contribution in [3.8, 4) is 11.5 Å². The van der Waals surface area contributed by atoms with Gasteiger partial charge in [-0.3, -0.25) is 9.69 Å². The van der Waals surface area contributed by atoms with Gasteiger partial charge < -0.3 is 14.4 Å². The Morgan fingerprint density at radius 2 is 2.08 bits per heavy atom. The first-order valence-electron chi connectivity index (χ1n) is 8.42. The molecule has 0 amide bonds. The molecule has 2 aromatic rings. The monoisotopic (exact) mass is 326 g/mol. The van der Waals surface area contributed by atoms with E-state index in [4.69, 9.17) is 4.74 Å². The third-order valence-corrected chi connectivity index (χ3v) is 5.24. The SMILES string of the molecule is COc1ccc(CN2C[C@@H]3C[C@@H](C2)c2cccc(=O)n2C3)c(O)c1. The van der Waals surface area contributed by atoms with Crippen LogP contribution in [0.2, 0.25) is 0 Å². The molecule has 126 valence electrons. The summed E-state index contributed by atoms with van der Waals surface area (Å²) in [5, 5.41) is 10.2. The van der Waals surface area contributed by atoms with Gasteiger partial charge in [-0.15, -0.1) is 0 Å². The van der Waals surface area contributed by atoms with Crippen LogP contribution in [0.15, 0.2) is 41.2 Å². The largest absolute Gasteiger partial charge is 0.507 e. The molecule has 0 spiro atoms. The van der Waals surface area contributed by atoms with Crippen LogP contribution in [0.25, 0.3) is 0 Å². The van der Waals surface area contributed by atoms with Crippen LogP contribution in [-0.2, 0) is 13.1 Å². The van der Waals surface area contributed by atoms with Crippen LogP contribution in [0, 0.1) is 5.92 Å². The summed E-state index contributed by atoms with van der Waals surface area (Å²) in [6.07, 6.45) is 1.15. The number of aromatic hydroxyl groups is 1. The zero-order valence-electron chi connectivity index (χ0n) is 13.8. The molecule has 0 aliphatic carbocycles. The molecule has 5 heteroatoms. The summed E-state index contributed by atoms with van der Waals surface area (Å²) in [5.74, 6) is 1.84. The predicted octanol–water partition coefficient (Wildman–Crippen LogP) is 2.18. The average molecular weight is 326 g/mol. The van der Waals surface area contributed by atoms with Gasteiger partial charge >= 0.3 is 0 Å². The number of hydrogen-bond acceptors (Lipinski definition) is 4. The van der Waals surface area contributed by atoms with E-state index in [2.05, 4.69) is 11.0 Å². The van der Waals surface area contributed by atoms with E-state index in [1.54, 1.807) is 19.2 Å². The van der Waals surface area contributed by atoms with Crippen LogP contribution >= 0.6 is 0 Å². The molecule has 2 aliphatic rings. The molecule has 4 rings (SSSR count). The molecule has 5 nitrogen and oxygen atoms in total. The number of ether oxygens (including phenoxy) is 1. The van der Waals surface area contributed by atoms with Crippen molar-refractivity contribution < 1.29 is 9.84 Å². The van der Waals surface area contributed by atoms with Gasteiger partial charge in [0.15, 0.2) is 0 Å². The summed E-state index contributed by atoms with van der Waals surface area (Å²) in [5.41, 5.74) is 2.19. The number of benzene rings is 1. The normalized spacial score (nSPS) is 22.9. The molecular formula is C19H22N2O3. The zero-order valence-corrected chi connectivity index (χ0v) is 13.8. The van der Waals surface area contributed by atoms with E-state index >= 15 is 0 Å². The Morgan fingerprint density at radius 3 is 2.88 bits per heavy atom. The minimum absolute atomic E-state index is 0.114. The number of hydrogen-bond donors (Lipinski definition) is 1. The molecule has 2 aliphatic heterocycles. The van der Waals surface area contributed by atoms with Gasteiger partial charge in [-0.05, 0) is 24.5 Å². The van der Waals surface area contributed by atoms with Crippen molar-refractivity contribution in [2.45, 2.75) is 25.4 Å². The summed E-state index contributed by atoms with van der Waals surface area (Å²) in [4.78, 5) is 14.5. The van der Waals surface area contributed by atoms with E-state index in [-0.39, 0.29) is 11.3 Å². The molecule has 1 aromatic heterocycles.